The van der Waals surface area contributed by atoms with E-state index < -0.39 is 11.6 Å². The number of pyridine rings is 1. The van der Waals surface area contributed by atoms with Crippen LogP contribution in [0.3, 0.4) is 0 Å². The molecule has 3 aromatic rings. The van der Waals surface area contributed by atoms with E-state index >= 15 is 4.39 Å². The summed E-state index contributed by atoms with van der Waals surface area (Å²) in [6.45, 7) is 8.79. The summed E-state index contributed by atoms with van der Waals surface area (Å²) in [6, 6.07) is 2.08. The van der Waals surface area contributed by atoms with Crippen LogP contribution in [0.2, 0.25) is 0 Å². The molecular weight excluding hydrogens is 530 g/mol. The van der Waals surface area contributed by atoms with Crippen molar-refractivity contribution in [3.63, 3.8) is 0 Å². The van der Waals surface area contributed by atoms with Crippen LogP contribution in [-0.4, -0.2) is 33.8 Å². The first-order valence-corrected chi connectivity index (χ1v) is 14.9. The molecule has 7 rings (SSSR count). The van der Waals surface area contributed by atoms with Gasteiger partial charge in [0.25, 0.3) is 0 Å². The number of halogens is 2. The van der Waals surface area contributed by atoms with Crippen LogP contribution in [0.5, 0.6) is 0 Å². The lowest BCUT2D eigenvalue weighted by atomic mass is 9.91. The van der Waals surface area contributed by atoms with Crippen molar-refractivity contribution >= 4 is 34.2 Å². The van der Waals surface area contributed by atoms with Crippen molar-refractivity contribution < 1.29 is 13.5 Å². The highest BCUT2D eigenvalue weighted by Crippen LogP contribution is 2.56. The zero-order valence-corrected chi connectivity index (χ0v) is 23.8. The number of nitriles is 1. The number of fused-ring (bicyclic) bond motifs is 4. The number of hydrogen-bond acceptors (Lipinski definition) is 8. The van der Waals surface area contributed by atoms with Gasteiger partial charge >= 0.3 is 0 Å². The fourth-order valence-corrected chi connectivity index (χ4v) is 6.91. The molecule has 1 spiro atoms. The van der Waals surface area contributed by atoms with Crippen molar-refractivity contribution in [3.8, 4) is 17.3 Å². The largest absolute Gasteiger partial charge is 0.400 e. The molecule has 3 aliphatic heterocycles. The van der Waals surface area contributed by atoms with Gasteiger partial charge in [0.1, 0.15) is 11.6 Å². The lowest BCUT2D eigenvalue weighted by Crippen LogP contribution is -2.22. The third-order valence-electron chi connectivity index (χ3n) is 8.69. The van der Waals surface area contributed by atoms with Crippen molar-refractivity contribution in [2.45, 2.75) is 64.6 Å². The van der Waals surface area contributed by atoms with Gasteiger partial charge < -0.3 is 15.4 Å². The summed E-state index contributed by atoms with van der Waals surface area (Å²) < 4.78 is 37.0. The zero-order chi connectivity index (χ0) is 28.2. The Labute approximate surface area is 236 Å². The smallest absolute Gasteiger partial charge is 0.226 e. The minimum atomic E-state index is -0.570. The number of rotatable bonds is 3. The molecule has 1 aliphatic carbocycles. The molecule has 1 aromatic carbocycles. The van der Waals surface area contributed by atoms with E-state index in [1.807, 2.05) is 0 Å². The van der Waals surface area contributed by atoms with Crippen LogP contribution in [0.25, 0.3) is 27.7 Å². The van der Waals surface area contributed by atoms with Crippen molar-refractivity contribution in [3.05, 3.63) is 46.4 Å². The first-order valence-electron chi connectivity index (χ1n) is 13.9. The van der Waals surface area contributed by atoms with E-state index in [1.54, 1.807) is 6.20 Å². The van der Waals surface area contributed by atoms with Gasteiger partial charge in [-0.05, 0) is 35.3 Å². The third-order valence-corrected chi connectivity index (χ3v) is 9.83. The maximum absolute atomic E-state index is 16.5. The van der Waals surface area contributed by atoms with Gasteiger partial charge in [0.05, 0.1) is 35.6 Å². The molecule has 5 heterocycles. The quantitative estimate of drug-likeness (QED) is 0.395. The van der Waals surface area contributed by atoms with Gasteiger partial charge in [-0.3, -0.25) is 4.98 Å². The van der Waals surface area contributed by atoms with E-state index in [4.69, 9.17) is 15.5 Å². The molecule has 1 unspecified atom stereocenters. The van der Waals surface area contributed by atoms with Crippen LogP contribution in [0.4, 0.5) is 14.7 Å². The van der Waals surface area contributed by atoms with Crippen molar-refractivity contribution in [1.82, 2.24) is 15.0 Å². The molecule has 0 bridgehead atoms. The van der Waals surface area contributed by atoms with Gasteiger partial charge in [-0.25, -0.2) is 18.7 Å². The predicted octanol–water partition coefficient (Wildman–Crippen LogP) is 6.34. The molecule has 1 atom stereocenters. The van der Waals surface area contributed by atoms with Crippen molar-refractivity contribution in [2.75, 3.05) is 23.7 Å². The summed E-state index contributed by atoms with van der Waals surface area (Å²) >= 11 is 1.18. The summed E-state index contributed by atoms with van der Waals surface area (Å²) in [4.78, 5) is 16.0. The fourth-order valence-electron chi connectivity index (χ4n) is 5.94. The Morgan fingerprint density at radius 1 is 1.15 bits per heavy atom. The number of nitrogens with zero attached hydrogens (tertiary/aromatic N) is 5. The van der Waals surface area contributed by atoms with Crippen molar-refractivity contribution in [2.24, 2.45) is 17.1 Å². The highest BCUT2D eigenvalue weighted by Gasteiger charge is 2.53. The fraction of sp³-hybridized carbons (Fsp3) is 0.467. The molecule has 2 fully saturated rings. The van der Waals surface area contributed by atoms with E-state index in [9.17, 15) is 9.65 Å². The molecule has 0 amide bonds. The number of benzene rings is 1. The van der Waals surface area contributed by atoms with Gasteiger partial charge in [-0.2, -0.15) is 5.26 Å². The van der Waals surface area contributed by atoms with Crippen LogP contribution in [0, 0.1) is 34.3 Å². The van der Waals surface area contributed by atoms with Crippen LogP contribution < -0.4 is 10.6 Å². The topological polar surface area (TPSA) is 101 Å². The number of ether oxygens (including phenoxy) is 1. The van der Waals surface area contributed by atoms with E-state index in [-0.39, 0.29) is 51.8 Å². The number of thioether (sulfide) groups is 1. The highest BCUT2D eigenvalue weighted by molar-refractivity contribution is 7.99. The second kappa shape index (κ2) is 10.3. The average Bonchev–Trinajstić information content (AvgIpc) is 3.45. The number of hydrogen-bond donors (Lipinski definition) is 1. The Morgan fingerprint density at radius 2 is 1.90 bits per heavy atom. The number of unbranched alkanes of at least 4 members (excludes halogenated alkanes) is 1. The molecule has 1 saturated heterocycles. The molecule has 10 heteroatoms. The lowest BCUT2D eigenvalue weighted by molar-refractivity contribution is 0.135. The van der Waals surface area contributed by atoms with Gasteiger partial charge in [-0.15, -0.1) is 11.8 Å². The second-order valence-electron chi connectivity index (χ2n) is 11.2. The van der Waals surface area contributed by atoms with E-state index in [1.165, 1.54) is 37.4 Å². The Balaban J connectivity index is 0.000000680. The minimum Gasteiger partial charge on any atom is -0.400 e. The zero-order valence-electron chi connectivity index (χ0n) is 23.0. The molecule has 4 aliphatic rings. The monoisotopic (exact) mass is 562 g/mol. The summed E-state index contributed by atoms with van der Waals surface area (Å²) in [5.74, 6) is 0.200. The van der Waals surface area contributed by atoms with Crippen LogP contribution in [0.1, 0.15) is 63.1 Å². The third kappa shape index (κ3) is 4.22. The summed E-state index contributed by atoms with van der Waals surface area (Å²) in [6.07, 6.45) is 7.82. The molecule has 0 radical (unpaired) electrons. The van der Waals surface area contributed by atoms with E-state index in [0.717, 1.165) is 24.8 Å². The van der Waals surface area contributed by atoms with Crippen LogP contribution in [0.15, 0.2) is 23.0 Å². The number of anilines is 1. The Morgan fingerprint density at radius 3 is 2.58 bits per heavy atom. The lowest BCUT2D eigenvalue weighted by Gasteiger charge is -2.22. The summed E-state index contributed by atoms with van der Waals surface area (Å²) in [5.41, 5.74) is 9.10. The normalized spacial score (nSPS) is 20.3. The van der Waals surface area contributed by atoms with Gasteiger partial charge in [-0.1, -0.05) is 33.6 Å². The molecule has 40 heavy (non-hydrogen) atoms. The standard InChI is InChI=1S/C26H22F2N6OS.C4H10/c1-12-7-34(11-26(12)2-3-26)25-32-5-14-15-8-35-9-16(15)19(21(28)22(14)33-25)23-20-13(4-29)18(30)10-36-24(20)17(27)6-31-23;1-3-4-2/h5-6,12H,2-3,7-11,30H2,1H3;3-4H2,1-2H3. The van der Waals surface area contributed by atoms with E-state index in [0.29, 0.717) is 33.9 Å². The molecule has 7 nitrogen and oxygen atoms in total. The predicted molar refractivity (Wildman–Crippen MR) is 152 cm³/mol. The van der Waals surface area contributed by atoms with Gasteiger partial charge in [0.15, 0.2) is 11.6 Å². The Kier molecular flexibility index (Phi) is 6.91. The molecule has 208 valence electrons. The molecule has 1 saturated carbocycles. The second-order valence-corrected chi connectivity index (χ2v) is 12.2. The summed E-state index contributed by atoms with van der Waals surface area (Å²) in [7, 11) is 0. The highest BCUT2D eigenvalue weighted by atomic mass is 32.2. The summed E-state index contributed by atoms with van der Waals surface area (Å²) in [5, 5.41) is 10.4. The number of allylic oxidation sites excluding steroid dienone is 1. The Hall–Kier alpha value is -3.29. The maximum Gasteiger partial charge on any atom is 0.226 e. The SMILES string of the molecule is CC1CN(c2ncc3c4c(c(-c5ncc(F)c6c5C(C#N)=C(N)CS6)c(F)c3n2)COC4)CC12CC2.CCCC. The van der Waals surface area contributed by atoms with Gasteiger partial charge in [0.2, 0.25) is 5.95 Å². The number of aromatic nitrogens is 3. The van der Waals surface area contributed by atoms with Crippen molar-refractivity contribution in [1.29, 1.82) is 5.26 Å². The molecule has 2 N–H and O–H groups in total. The van der Waals surface area contributed by atoms with Crippen LogP contribution in [-0.2, 0) is 18.0 Å². The van der Waals surface area contributed by atoms with E-state index in [2.05, 4.69) is 41.7 Å². The maximum atomic E-state index is 16.5. The first-order chi connectivity index (χ1) is 19.3. The molecule has 2 aromatic heterocycles. The Bertz CT molecular complexity index is 1590. The average molecular weight is 563 g/mol. The van der Waals surface area contributed by atoms with Crippen LogP contribution >= 0.6 is 11.8 Å². The minimum absolute atomic E-state index is 0.127. The van der Waals surface area contributed by atoms with Gasteiger partial charge in [0, 0.05) is 47.2 Å². The first kappa shape index (κ1) is 26.9. The molecular formula is C30H32F2N6OS. The number of nitrogens with two attached hydrogens (primary N) is 1.